The highest BCUT2D eigenvalue weighted by Gasteiger charge is 2.40. The van der Waals surface area contributed by atoms with Crippen LogP contribution in [0.15, 0.2) is 0 Å². The van der Waals surface area contributed by atoms with Crippen molar-refractivity contribution in [1.29, 1.82) is 0 Å². The summed E-state index contributed by atoms with van der Waals surface area (Å²) in [5.41, 5.74) is 0. The minimum Gasteiger partial charge on any atom is -0.381 e. The molecule has 1 heterocycles. The molecule has 0 radical (unpaired) electrons. The topological polar surface area (TPSA) is 66.9 Å². The van der Waals surface area contributed by atoms with Crippen LogP contribution in [0.4, 0.5) is 0 Å². The Morgan fingerprint density at radius 3 is 2.27 bits per heavy atom. The Labute approximate surface area is 158 Å². The molecular weight excluding hydrogens is 352 g/mol. The lowest BCUT2D eigenvalue weighted by Gasteiger charge is -2.39. The molecule has 7 heteroatoms. The monoisotopic (exact) mass is 386 g/mol. The van der Waals surface area contributed by atoms with Gasteiger partial charge in [-0.25, -0.2) is 12.7 Å². The predicted octanol–water partition coefficient (Wildman–Crippen LogP) is 2.39. The number of piperidine rings is 1. The third-order valence-corrected chi connectivity index (χ3v) is 9.04. The molecule has 1 aliphatic heterocycles. The van der Waals surface area contributed by atoms with Crippen molar-refractivity contribution in [3.8, 4) is 0 Å². The standard InChI is InChI=1S/C19H34N2O4S/c1-20(16-9-11-17(25-2)12-10-16)26(23,24)18-8-5-13-21(14-18)19(22)15-6-3-4-7-15/h15-18H,3-14H2,1-2H3. The summed E-state index contributed by atoms with van der Waals surface area (Å²) in [5.74, 6) is 0.309. The fourth-order valence-corrected chi connectivity index (χ4v) is 6.83. The van der Waals surface area contributed by atoms with Crippen molar-refractivity contribution in [2.24, 2.45) is 5.92 Å². The van der Waals surface area contributed by atoms with Crippen molar-refractivity contribution in [3.05, 3.63) is 0 Å². The maximum Gasteiger partial charge on any atom is 0.225 e. The number of methoxy groups -OCH3 is 1. The highest BCUT2D eigenvalue weighted by atomic mass is 32.2. The first-order valence-electron chi connectivity index (χ1n) is 10.2. The van der Waals surface area contributed by atoms with E-state index in [4.69, 9.17) is 4.74 Å². The van der Waals surface area contributed by atoms with Gasteiger partial charge < -0.3 is 9.64 Å². The van der Waals surface area contributed by atoms with Gasteiger partial charge in [-0.15, -0.1) is 0 Å². The predicted molar refractivity (Wildman–Crippen MR) is 101 cm³/mol. The zero-order valence-electron chi connectivity index (χ0n) is 16.2. The summed E-state index contributed by atoms with van der Waals surface area (Å²) in [6.45, 7) is 1.08. The normalized spacial score (nSPS) is 31.5. The SMILES string of the molecule is COC1CCC(N(C)S(=O)(=O)C2CCCN(C(=O)C3CCCC3)C2)CC1. The fraction of sp³-hybridized carbons (Fsp3) is 0.947. The van der Waals surface area contributed by atoms with E-state index in [0.29, 0.717) is 19.5 Å². The molecule has 2 saturated carbocycles. The second-order valence-electron chi connectivity index (χ2n) is 8.26. The largest absolute Gasteiger partial charge is 0.381 e. The molecule has 0 bridgehead atoms. The van der Waals surface area contributed by atoms with Crippen LogP contribution >= 0.6 is 0 Å². The minimum absolute atomic E-state index is 0.0623. The maximum absolute atomic E-state index is 13.2. The molecule has 0 aromatic carbocycles. The molecule has 0 aromatic heterocycles. The second kappa shape index (κ2) is 8.57. The van der Waals surface area contributed by atoms with Crippen LogP contribution in [0.5, 0.6) is 0 Å². The van der Waals surface area contributed by atoms with Crippen molar-refractivity contribution >= 4 is 15.9 Å². The van der Waals surface area contributed by atoms with Crippen molar-refractivity contribution in [2.45, 2.75) is 81.6 Å². The third kappa shape index (κ3) is 4.25. The van der Waals surface area contributed by atoms with E-state index in [1.54, 1.807) is 18.5 Å². The van der Waals surface area contributed by atoms with Gasteiger partial charge >= 0.3 is 0 Å². The molecule has 1 unspecified atom stereocenters. The Kier molecular flexibility index (Phi) is 6.62. The van der Waals surface area contributed by atoms with Crippen molar-refractivity contribution in [3.63, 3.8) is 0 Å². The van der Waals surface area contributed by atoms with E-state index in [9.17, 15) is 13.2 Å². The van der Waals surface area contributed by atoms with Gasteiger partial charge in [-0.2, -0.15) is 0 Å². The number of likely N-dealkylation sites (tertiary alicyclic amines) is 1. The average Bonchev–Trinajstić information content (AvgIpc) is 3.21. The van der Waals surface area contributed by atoms with Crippen LogP contribution in [0.3, 0.4) is 0 Å². The van der Waals surface area contributed by atoms with Crippen LogP contribution in [0.2, 0.25) is 0 Å². The van der Waals surface area contributed by atoms with Crippen molar-refractivity contribution < 1.29 is 17.9 Å². The van der Waals surface area contributed by atoms with Gasteiger partial charge in [0.15, 0.2) is 0 Å². The summed E-state index contributed by atoms with van der Waals surface area (Å²) in [7, 11) is 0.0755. The molecule has 150 valence electrons. The molecule has 3 aliphatic rings. The van der Waals surface area contributed by atoms with E-state index in [-0.39, 0.29) is 24.0 Å². The zero-order valence-corrected chi connectivity index (χ0v) is 17.0. The number of ether oxygens (including phenoxy) is 1. The number of rotatable bonds is 5. The number of carbonyl (C=O) groups excluding carboxylic acids is 1. The van der Waals surface area contributed by atoms with Crippen molar-refractivity contribution in [1.82, 2.24) is 9.21 Å². The summed E-state index contributed by atoms with van der Waals surface area (Å²) < 4.78 is 33.4. The van der Waals surface area contributed by atoms with Gasteiger partial charge in [-0.1, -0.05) is 12.8 Å². The van der Waals surface area contributed by atoms with Gasteiger partial charge in [0.1, 0.15) is 0 Å². The van der Waals surface area contributed by atoms with E-state index in [2.05, 4.69) is 0 Å². The Morgan fingerprint density at radius 2 is 1.65 bits per heavy atom. The van der Waals surface area contributed by atoms with E-state index < -0.39 is 15.3 Å². The van der Waals surface area contributed by atoms with Gasteiger partial charge in [0, 0.05) is 39.2 Å². The number of amides is 1. The lowest BCUT2D eigenvalue weighted by molar-refractivity contribution is -0.136. The summed E-state index contributed by atoms with van der Waals surface area (Å²) in [4.78, 5) is 14.5. The van der Waals surface area contributed by atoms with Gasteiger partial charge in [-0.05, 0) is 51.4 Å². The third-order valence-electron chi connectivity index (χ3n) is 6.71. The van der Waals surface area contributed by atoms with E-state index in [1.165, 1.54) is 0 Å². The summed E-state index contributed by atoms with van der Waals surface area (Å²) in [6.07, 6.45) is 9.42. The van der Waals surface area contributed by atoms with Gasteiger partial charge in [0.05, 0.1) is 11.4 Å². The average molecular weight is 387 g/mol. The molecular formula is C19H34N2O4S. The Bertz CT molecular complexity index is 580. The molecule has 3 fully saturated rings. The number of hydrogen-bond donors (Lipinski definition) is 0. The molecule has 3 rings (SSSR count). The molecule has 26 heavy (non-hydrogen) atoms. The molecule has 0 spiro atoms. The van der Waals surface area contributed by atoms with Gasteiger partial charge in [-0.3, -0.25) is 4.79 Å². The molecule has 0 aromatic rings. The minimum atomic E-state index is -3.38. The summed E-state index contributed by atoms with van der Waals surface area (Å²) in [5, 5.41) is -0.452. The molecule has 1 saturated heterocycles. The second-order valence-corrected chi connectivity index (χ2v) is 10.5. The highest BCUT2D eigenvalue weighted by molar-refractivity contribution is 7.89. The van der Waals surface area contributed by atoms with Crippen LogP contribution in [-0.2, 0) is 19.6 Å². The molecule has 1 amide bonds. The Balaban J connectivity index is 1.61. The summed E-state index contributed by atoms with van der Waals surface area (Å²) in [6, 6.07) is 0.0623. The van der Waals surface area contributed by atoms with Crippen LogP contribution in [0.25, 0.3) is 0 Å². The number of hydrogen-bond acceptors (Lipinski definition) is 4. The quantitative estimate of drug-likeness (QED) is 0.728. The van der Waals surface area contributed by atoms with Crippen LogP contribution < -0.4 is 0 Å². The lowest BCUT2D eigenvalue weighted by atomic mass is 9.93. The maximum atomic E-state index is 13.2. The number of sulfonamides is 1. The van der Waals surface area contributed by atoms with Gasteiger partial charge in [0.2, 0.25) is 15.9 Å². The highest BCUT2D eigenvalue weighted by Crippen LogP contribution is 2.31. The molecule has 2 aliphatic carbocycles. The first-order chi connectivity index (χ1) is 12.4. The van der Waals surface area contributed by atoms with Crippen LogP contribution in [0.1, 0.15) is 64.2 Å². The van der Waals surface area contributed by atoms with E-state index in [1.807, 2.05) is 4.90 Å². The smallest absolute Gasteiger partial charge is 0.225 e. The first kappa shape index (κ1) is 20.1. The molecule has 1 atom stereocenters. The van der Waals surface area contributed by atoms with E-state index >= 15 is 0 Å². The Hall–Kier alpha value is -0.660. The number of nitrogens with zero attached hydrogens (tertiary/aromatic N) is 2. The Morgan fingerprint density at radius 1 is 1.00 bits per heavy atom. The zero-order chi connectivity index (χ0) is 18.7. The van der Waals surface area contributed by atoms with Gasteiger partial charge in [0.25, 0.3) is 0 Å². The molecule has 6 nitrogen and oxygen atoms in total. The van der Waals surface area contributed by atoms with Crippen LogP contribution in [0, 0.1) is 5.92 Å². The first-order valence-corrected chi connectivity index (χ1v) is 11.7. The lowest BCUT2D eigenvalue weighted by Crippen LogP contribution is -2.52. The number of carbonyl (C=O) groups is 1. The van der Waals surface area contributed by atoms with E-state index in [0.717, 1.165) is 57.8 Å². The summed E-state index contributed by atoms with van der Waals surface area (Å²) >= 11 is 0. The fourth-order valence-electron chi connectivity index (χ4n) is 4.90. The molecule has 0 N–H and O–H groups in total. The van der Waals surface area contributed by atoms with Crippen LogP contribution in [-0.4, -0.2) is 68.2 Å². The van der Waals surface area contributed by atoms with Crippen molar-refractivity contribution in [2.75, 3.05) is 27.2 Å².